The maximum Gasteiger partial charge on any atom is 0.248 e. The number of nitrogens with one attached hydrogen (secondary N) is 1. The molecule has 0 aliphatic carbocycles. The third-order valence-electron chi connectivity index (χ3n) is 3.47. The Balaban J connectivity index is 2.14. The molecule has 1 aliphatic heterocycles. The van der Waals surface area contributed by atoms with E-state index >= 15 is 0 Å². The van der Waals surface area contributed by atoms with Crippen LogP contribution in [0.5, 0.6) is 0 Å². The highest BCUT2D eigenvalue weighted by Crippen LogP contribution is 2.22. The van der Waals surface area contributed by atoms with E-state index in [1.165, 1.54) is 6.92 Å². The van der Waals surface area contributed by atoms with E-state index in [0.717, 1.165) is 12.1 Å². The average molecular weight is 276 g/mol. The van der Waals surface area contributed by atoms with E-state index < -0.39 is 6.04 Å². The predicted molar refractivity (Wildman–Crippen MR) is 75.2 cm³/mol. The summed E-state index contributed by atoms with van der Waals surface area (Å²) < 4.78 is 0. The second-order valence-electron chi connectivity index (χ2n) is 5.30. The van der Waals surface area contributed by atoms with Crippen LogP contribution in [0.1, 0.15) is 45.2 Å². The molecular weight excluding hydrogens is 256 g/mol. The van der Waals surface area contributed by atoms with E-state index in [2.05, 4.69) is 15.3 Å². The molecule has 1 N–H and O–H groups in total. The van der Waals surface area contributed by atoms with Gasteiger partial charge in [-0.25, -0.2) is 4.98 Å². The lowest BCUT2D eigenvalue weighted by Gasteiger charge is -2.22. The predicted octanol–water partition coefficient (Wildman–Crippen LogP) is 1.55. The van der Waals surface area contributed by atoms with Gasteiger partial charge in [0.15, 0.2) is 5.82 Å². The summed E-state index contributed by atoms with van der Waals surface area (Å²) in [5.74, 6) is 0.417. The molecule has 6 nitrogen and oxygen atoms in total. The molecule has 2 amide bonds. The quantitative estimate of drug-likeness (QED) is 0.909. The summed E-state index contributed by atoms with van der Waals surface area (Å²) in [6, 6.07) is -0.394. The van der Waals surface area contributed by atoms with Crippen molar-refractivity contribution in [3.8, 4) is 0 Å². The van der Waals surface area contributed by atoms with Crippen molar-refractivity contribution in [3.63, 3.8) is 0 Å². The largest absolute Gasteiger partial charge is 0.331 e. The summed E-state index contributed by atoms with van der Waals surface area (Å²) in [7, 11) is 0. The zero-order chi connectivity index (χ0) is 14.7. The molecule has 2 heterocycles. The van der Waals surface area contributed by atoms with Crippen LogP contribution in [0.25, 0.3) is 0 Å². The van der Waals surface area contributed by atoms with Gasteiger partial charge >= 0.3 is 0 Å². The van der Waals surface area contributed by atoms with Crippen LogP contribution in [-0.2, 0) is 9.59 Å². The van der Waals surface area contributed by atoms with Gasteiger partial charge in [0, 0.05) is 25.9 Å². The smallest absolute Gasteiger partial charge is 0.248 e. The maximum atomic E-state index is 12.3. The average Bonchev–Trinajstić information content (AvgIpc) is 2.88. The Hall–Kier alpha value is -1.98. The van der Waals surface area contributed by atoms with Gasteiger partial charge in [0.25, 0.3) is 0 Å². The minimum Gasteiger partial charge on any atom is -0.331 e. The highest BCUT2D eigenvalue weighted by Gasteiger charge is 2.32. The van der Waals surface area contributed by atoms with E-state index in [1.807, 2.05) is 13.8 Å². The number of hydrogen-bond acceptors (Lipinski definition) is 4. The van der Waals surface area contributed by atoms with E-state index in [9.17, 15) is 9.59 Å². The molecule has 1 aromatic rings. The SMILES string of the molecule is CC(=O)N1CCC[C@@H]1C(=O)Nc1nccnc1C(C)C. The summed E-state index contributed by atoms with van der Waals surface area (Å²) in [6.45, 7) is 6.13. The lowest BCUT2D eigenvalue weighted by Crippen LogP contribution is -2.42. The van der Waals surface area contributed by atoms with Gasteiger partial charge < -0.3 is 10.2 Å². The second-order valence-corrected chi connectivity index (χ2v) is 5.30. The topological polar surface area (TPSA) is 75.2 Å². The molecule has 6 heteroatoms. The Bertz CT molecular complexity index is 516. The van der Waals surface area contributed by atoms with Gasteiger partial charge in [0.2, 0.25) is 11.8 Å². The zero-order valence-corrected chi connectivity index (χ0v) is 12.1. The molecule has 20 heavy (non-hydrogen) atoms. The van der Waals surface area contributed by atoms with Crippen LogP contribution in [0.15, 0.2) is 12.4 Å². The summed E-state index contributed by atoms with van der Waals surface area (Å²) in [4.78, 5) is 33.9. The lowest BCUT2D eigenvalue weighted by molar-refractivity contribution is -0.134. The molecule has 1 aliphatic rings. The highest BCUT2D eigenvalue weighted by atomic mass is 16.2. The van der Waals surface area contributed by atoms with E-state index in [0.29, 0.717) is 18.8 Å². The molecule has 108 valence electrons. The van der Waals surface area contributed by atoms with Gasteiger partial charge in [-0.15, -0.1) is 0 Å². The molecule has 1 saturated heterocycles. The minimum absolute atomic E-state index is 0.0640. The fraction of sp³-hybridized carbons (Fsp3) is 0.571. The molecule has 0 radical (unpaired) electrons. The Kier molecular flexibility index (Phi) is 4.32. The standard InChI is InChI=1S/C14H20N4O2/c1-9(2)12-13(16-7-6-15-12)17-14(20)11-5-4-8-18(11)10(3)19/h6-7,9,11H,4-5,8H2,1-3H3,(H,16,17,20)/t11-/m1/s1. The summed E-state index contributed by atoms with van der Waals surface area (Å²) >= 11 is 0. The number of carbonyl (C=O) groups excluding carboxylic acids is 2. The summed E-state index contributed by atoms with van der Waals surface area (Å²) in [5.41, 5.74) is 0.758. The van der Waals surface area contributed by atoms with Crippen molar-refractivity contribution in [3.05, 3.63) is 18.1 Å². The fourth-order valence-electron chi connectivity index (χ4n) is 2.48. The number of aromatic nitrogens is 2. The number of hydrogen-bond donors (Lipinski definition) is 1. The first-order chi connectivity index (χ1) is 9.50. The van der Waals surface area contributed by atoms with Crippen LogP contribution in [0.4, 0.5) is 5.82 Å². The van der Waals surface area contributed by atoms with Gasteiger partial charge in [-0.2, -0.15) is 0 Å². The second kappa shape index (κ2) is 5.98. The molecule has 2 rings (SSSR count). The number of amides is 2. The number of likely N-dealkylation sites (tertiary alicyclic amines) is 1. The molecule has 1 atom stereocenters. The molecule has 1 aromatic heterocycles. The monoisotopic (exact) mass is 276 g/mol. The Morgan fingerprint density at radius 3 is 2.70 bits per heavy atom. The first-order valence-electron chi connectivity index (χ1n) is 6.89. The highest BCUT2D eigenvalue weighted by molar-refractivity contribution is 5.97. The van der Waals surface area contributed by atoms with Gasteiger partial charge in [-0.1, -0.05) is 13.8 Å². The van der Waals surface area contributed by atoms with Crippen LogP contribution < -0.4 is 5.32 Å². The van der Waals surface area contributed by atoms with Gasteiger partial charge in [0.05, 0.1) is 5.69 Å². The third kappa shape index (κ3) is 2.95. The van der Waals surface area contributed by atoms with Crippen molar-refractivity contribution in [2.45, 2.75) is 45.6 Å². The molecule has 1 fully saturated rings. The van der Waals surface area contributed by atoms with Crippen molar-refractivity contribution in [2.75, 3.05) is 11.9 Å². The van der Waals surface area contributed by atoms with Crippen molar-refractivity contribution >= 4 is 17.6 Å². The molecule has 0 bridgehead atoms. The molecular formula is C14H20N4O2. The van der Waals surface area contributed by atoms with Crippen molar-refractivity contribution in [2.24, 2.45) is 0 Å². The van der Waals surface area contributed by atoms with Gasteiger partial charge in [-0.3, -0.25) is 14.6 Å². The minimum atomic E-state index is -0.394. The Labute approximate surface area is 118 Å². The normalized spacial score (nSPS) is 18.4. The summed E-state index contributed by atoms with van der Waals surface area (Å²) in [6.07, 6.45) is 4.72. The van der Waals surface area contributed by atoms with Crippen molar-refractivity contribution < 1.29 is 9.59 Å². The number of rotatable bonds is 3. The molecule has 0 unspecified atom stereocenters. The number of anilines is 1. The van der Waals surface area contributed by atoms with E-state index in [1.54, 1.807) is 17.3 Å². The Morgan fingerprint density at radius 1 is 1.35 bits per heavy atom. The van der Waals surface area contributed by atoms with Crippen LogP contribution >= 0.6 is 0 Å². The van der Waals surface area contributed by atoms with Crippen LogP contribution in [-0.4, -0.2) is 39.3 Å². The molecule has 0 saturated carbocycles. The zero-order valence-electron chi connectivity index (χ0n) is 12.1. The van der Waals surface area contributed by atoms with Gasteiger partial charge in [0.1, 0.15) is 6.04 Å². The first-order valence-corrected chi connectivity index (χ1v) is 6.89. The van der Waals surface area contributed by atoms with Crippen molar-refractivity contribution in [1.82, 2.24) is 14.9 Å². The fourth-order valence-corrected chi connectivity index (χ4v) is 2.48. The molecule has 0 spiro atoms. The molecule has 0 aromatic carbocycles. The summed E-state index contributed by atoms with van der Waals surface area (Å²) in [5, 5.41) is 2.81. The number of carbonyl (C=O) groups is 2. The number of nitrogens with zero attached hydrogens (tertiary/aromatic N) is 3. The van der Waals surface area contributed by atoms with E-state index in [-0.39, 0.29) is 17.7 Å². The van der Waals surface area contributed by atoms with Crippen LogP contribution in [0, 0.1) is 0 Å². The van der Waals surface area contributed by atoms with Crippen LogP contribution in [0.2, 0.25) is 0 Å². The third-order valence-corrected chi connectivity index (χ3v) is 3.47. The lowest BCUT2D eigenvalue weighted by atomic mass is 10.1. The first kappa shape index (κ1) is 14.4. The Morgan fingerprint density at radius 2 is 2.05 bits per heavy atom. The van der Waals surface area contributed by atoms with Crippen molar-refractivity contribution in [1.29, 1.82) is 0 Å². The van der Waals surface area contributed by atoms with Crippen LogP contribution in [0.3, 0.4) is 0 Å². The van der Waals surface area contributed by atoms with E-state index in [4.69, 9.17) is 0 Å². The maximum absolute atomic E-state index is 12.3. The van der Waals surface area contributed by atoms with Gasteiger partial charge in [-0.05, 0) is 18.8 Å².